The number of thiazole rings is 1. The molecule has 0 saturated carbocycles. The van der Waals surface area contributed by atoms with Crippen LogP contribution in [-0.4, -0.2) is 28.0 Å². The number of hydrogen-bond donors (Lipinski definition) is 1. The molecule has 0 spiro atoms. The molecule has 6 nitrogen and oxygen atoms in total. The molecule has 0 aliphatic rings. The SMILES string of the molecule is COc1ccc(F)cc1-c1csc(NC(=O)c2cnc(C)cn2)n1. The molecule has 0 atom stereocenters. The summed E-state index contributed by atoms with van der Waals surface area (Å²) in [5.41, 5.74) is 1.95. The molecule has 1 amide bonds. The number of hydrogen-bond acceptors (Lipinski definition) is 6. The van der Waals surface area contributed by atoms with E-state index >= 15 is 0 Å². The van der Waals surface area contributed by atoms with Crippen LogP contribution in [0.4, 0.5) is 9.52 Å². The number of halogens is 1. The van der Waals surface area contributed by atoms with Gasteiger partial charge in [0.1, 0.15) is 17.3 Å². The van der Waals surface area contributed by atoms with Crippen molar-refractivity contribution in [1.82, 2.24) is 15.0 Å². The standard InChI is InChI=1S/C16H13FN4O2S/c1-9-6-19-12(7-18-9)15(22)21-16-20-13(8-24-16)11-5-10(17)3-4-14(11)23-2/h3-8H,1-2H3,(H,20,21,22). The summed E-state index contributed by atoms with van der Waals surface area (Å²) in [6.07, 6.45) is 2.91. The smallest absolute Gasteiger partial charge is 0.277 e. The highest BCUT2D eigenvalue weighted by Gasteiger charge is 2.14. The number of methoxy groups -OCH3 is 1. The number of benzene rings is 1. The summed E-state index contributed by atoms with van der Waals surface area (Å²) in [4.78, 5) is 24.5. The fourth-order valence-corrected chi connectivity index (χ4v) is 2.71. The first-order valence-electron chi connectivity index (χ1n) is 6.96. The van der Waals surface area contributed by atoms with Crippen molar-refractivity contribution in [3.63, 3.8) is 0 Å². The van der Waals surface area contributed by atoms with Crippen molar-refractivity contribution >= 4 is 22.4 Å². The Hall–Kier alpha value is -2.87. The lowest BCUT2D eigenvalue weighted by molar-refractivity contribution is 0.102. The van der Waals surface area contributed by atoms with Crippen LogP contribution in [-0.2, 0) is 0 Å². The second-order valence-electron chi connectivity index (χ2n) is 4.88. The highest BCUT2D eigenvalue weighted by atomic mass is 32.1. The van der Waals surface area contributed by atoms with Crippen molar-refractivity contribution in [3.8, 4) is 17.0 Å². The Bertz CT molecular complexity index is 880. The van der Waals surface area contributed by atoms with E-state index in [1.165, 1.54) is 49.0 Å². The van der Waals surface area contributed by atoms with E-state index in [4.69, 9.17) is 4.74 Å². The minimum atomic E-state index is -0.408. The van der Waals surface area contributed by atoms with Crippen LogP contribution < -0.4 is 10.1 Å². The van der Waals surface area contributed by atoms with Crippen molar-refractivity contribution in [1.29, 1.82) is 0 Å². The average Bonchev–Trinajstić information content (AvgIpc) is 3.03. The van der Waals surface area contributed by atoms with E-state index in [0.29, 0.717) is 22.1 Å². The molecular formula is C16H13FN4O2S. The van der Waals surface area contributed by atoms with Gasteiger partial charge in [0, 0.05) is 17.1 Å². The van der Waals surface area contributed by atoms with Crippen LogP contribution in [0, 0.1) is 12.7 Å². The Morgan fingerprint density at radius 3 is 2.83 bits per heavy atom. The number of carbonyl (C=O) groups excluding carboxylic acids is 1. The highest BCUT2D eigenvalue weighted by Crippen LogP contribution is 2.32. The van der Waals surface area contributed by atoms with E-state index in [2.05, 4.69) is 20.3 Å². The Morgan fingerprint density at radius 2 is 2.12 bits per heavy atom. The van der Waals surface area contributed by atoms with Gasteiger partial charge in [-0.05, 0) is 25.1 Å². The van der Waals surface area contributed by atoms with Gasteiger partial charge in [-0.2, -0.15) is 0 Å². The van der Waals surface area contributed by atoms with Gasteiger partial charge in [-0.1, -0.05) is 0 Å². The fraction of sp³-hybridized carbons (Fsp3) is 0.125. The molecule has 2 aromatic heterocycles. The zero-order valence-corrected chi connectivity index (χ0v) is 13.7. The topological polar surface area (TPSA) is 77.0 Å². The van der Waals surface area contributed by atoms with Gasteiger partial charge in [-0.25, -0.2) is 14.4 Å². The minimum Gasteiger partial charge on any atom is -0.496 e. The summed E-state index contributed by atoms with van der Waals surface area (Å²) in [6, 6.07) is 4.18. The molecular weight excluding hydrogens is 331 g/mol. The third kappa shape index (κ3) is 3.38. The van der Waals surface area contributed by atoms with Gasteiger partial charge in [0.25, 0.3) is 5.91 Å². The van der Waals surface area contributed by atoms with E-state index in [9.17, 15) is 9.18 Å². The van der Waals surface area contributed by atoms with Gasteiger partial charge < -0.3 is 4.74 Å². The number of aromatic nitrogens is 3. The normalized spacial score (nSPS) is 10.5. The van der Waals surface area contributed by atoms with Gasteiger partial charge in [0.05, 0.1) is 24.7 Å². The predicted octanol–water partition coefficient (Wildman–Crippen LogP) is 3.31. The molecule has 0 aliphatic carbocycles. The van der Waals surface area contributed by atoms with Crippen LogP contribution in [0.2, 0.25) is 0 Å². The lowest BCUT2D eigenvalue weighted by Gasteiger charge is -2.06. The minimum absolute atomic E-state index is 0.195. The Balaban J connectivity index is 1.82. The van der Waals surface area contributed by atoms with Crippen molar-refractivity contribution in [3.05, 3.63) is 53.2 Å². The first kappa shape index (κ1) is 16.0. The molecule has 0 aliphatic heterocycles. The van der Waals surface area contributed by atoms with Crippen LogP contribution in [0.3, 0.4) is 0 Å². The highest BCUT2D eigenvalue weighted by molar-refractivity contribution is 7.14. The third-order valence-corrected chi connectivity index (χ3v) is 3.93. The van der Waals surface area contributed by atoms with Gasteiger partial charge in [-0.15, -0.1) is 11.3 Å². The van der Waals surface area contributed by atoms with Crippen LogP contribution in [0.15, 0.2) is 36.0 Å². The van der Waals surface area contributed by atoms with E-state index < -0.39 is 5.91 Å². The quantitative estimate of drug-likeness (QED) is 0.786. The summed E-state index contributed by atoms with van der Waals surface area (Å²) in [6.45, 7) is 1.79. The number of amides is 1. The first-order valence-corrected chi connectivity index (χ1v) is 7.84. The maximum Gasteiger partial charge on any atom is 0.277 e. The monoisotopic (exact) mass is 344 g/mol. The molecule has 0 radical (unpaired) electrons. The molecule has 24 heavy (non-hydrogen) atoms. The lowest BCUT2D eigenvalue weighted by Crippen LogP contribution is -2.14. The summed E-state index contributed by atoms with van der Waals surface area (Å²) < 4.78 is 18.7. The van der Waals surface area contributed by atoms with Crippen LogP contribution in [0.25, 0.3) is 11.3 Å². The Morgan fingerprint density at radius 1 is 1.29 bits per heavy atom. The van der Waals surface area contributed by atoms with Crippen molar-refractivity contribution < 1.29 is 13.9 Å². The second-order valence-corrected chi connectivity index (χ2v) is 5.74. The summed E-state index contributed by atoms with van der Waals surface area (Å²) in [7, 11) is 1.50. The average molecular weight is 344 g/mol. The molecule has 3 rings (SSSR count). The van der Waals surface area contributed by atoms with E-state index in [1.54, 1.807) is 12.3 Å². The van der Waals surface area contributed by atoms with E-state index in [1.807, 2.05) is 0 Å². The number of nitrogens with one attached hydrogen (secondary N) is 1. The van der Waals surface area contributed by atoms with Crippen molar-refractivity contribution in [2.45, 2.75) is 6.92 Å². The molecule has 0 fully saturated rings. The number of aryl methyl sites for hydroxylation is 1. The number of ether oxygens (including phenoxy) is 1. The molecule has 122 valence electrons. The van der Waals surface area contributed by atoms with Gasteiger partial charge in [0.2, 0.25) is 0 Å². The first-order chi connectivity index (χ1) is 11.6. The van der Waals surface area contributed by atoms with E-state index in [-0.39, 0.29) is 11.5 Å². The lowest BCUT2D eigenvalue weighted by atomic mass is 10.1. The molecule has 0 saturated heterocycles. The summed E-state index contributed by atoms with van der Waals surface area (Å²) >= 11 is 1.23. The number of rotatable bonds is 4. The van der Waals surface area contributed by atoms with Gasteiger partial charge in [-0.3, -0.25) is 15.1 Å². The third-order valence-electron chi connectivity index (χ3n) is 3.18. The maximum absolute atomic E-state index is 13.5. The molecule has 1 aromatic carbocycles. The summed E-state index contributed by atoms with van der Waals surface area (Å²) in [5.74, 6) is -0.294. The van der Waals surface area contributed by atoms with Crippen molar-refractivity contribution in [2.75, 3.05) is 12.4 Å². The Labute approximate surface area is 141 Å². The summed E-state index contributed by atoms with van der Waals surface area (Å²) in [5, 5.41) is 4.75. The fourth-order valence-electron chi connectivity index (χ4n) is 2.01. The molecule has 8 heteroatoms. The Kier molecular flexibility index (Phi) is 4.48. The van der Waals surface area contributed by atoms with Crippen LogP contribution in [0.1, 0.15) is 16.2 Å². The van der Waals surface area contributed by atoms with Gasteiger partial charge in [0.15, 0.2) is 5.13 Å². The van der Waals surface area contributed by atoms with E-state index in [0.717, 1.165) is 5.69 Å². The largest absolute Gasteiger partial charge is 0.496 e. The molecule has 3 aromatic rings. The molecule has 0 unspecified atom stereocenters. The molecule has 1 N–H and O–H groups in total. The van der Waals surface area contributed by atoms with Crippen LogP contribution >= 0.6 is 11.3 Å². The van der Waals surface area contributed by atoms with Gasteiger partial charge >= 0.3 is 0 Å². The zero-order chi connectivity index (χ0) is 17.1. The van der Waals surface area contributed by atoms with Crippen LogP contribution in [0.5, 0.6) is 5.75 Å². The predicted molar refractivity (Wildman–Crippen MR) is 88.8 cm³/mol. The number of anilines is 1. The number of nitrogens with zero attached hydrogens (tertiary/aromatic N) is 3. The molecule has 2 heterocycles. The van der Waals surface area contributed by atoms with Crippen molar-refractivity contribution in [2.24, 2.45) is 0 Å². The number of carbonyl (C=O) groups is 1. The zero-order valence-electron chi connectivity index (χ0n) is 12.9. The molecule has 0 bridgehead atoms. The maximum atomic E-state index is 13.5. The second kappa shape index (κ2) is 6.71.